The summed E-state index contributed by atoms with van der Waals surface area (Å²) < 4.78 is 0. The zero-order valence-corrected chi connectivity index (χ0v) is 20.4. The van der Waals surface area contributed by atoms with Gasteiger partial charge in [-0.25, -0.2) is 0 Å². The van der Waals surface area contributed by atoms with Crippen LogP contribution in [0.3, 0.4) is 0 Å². The molecule has 0 saturated heterocycles. The van der Waals surface area contributed by atoms with Gasteiger partial charge in [0.15, 0.2) is 0 Å². The van der Waals surface area contributed by atoms with Gasteiger partial charge in [0.25, 0.3) is 0 Å². The fourth-order valence-corrected chi connectivity index (χ4v) is 2.57. The molecule has 158 valence electrons. The van der Waals surface area contributed by atoms with Crippen LogP contribution in [0.15, 0.2) is 53.5 Å². The Kier molecular flexibility index (Phi) is 17.4. The first-order chi connectivity index (χ1) is 13.5. The summed E-state index contributed by atoms with van der Waals surface area (Å²) in [6.07, 6.45) is 1.04. The number of nitrogens with zero attached hydrogens (tertiary/aromatic N) is 1. The predicted octanol–water partition coefficient (Wildman–Crippen LogP) is 9.35. The second kappa shape index (κ2) is 17.2. The van der Waals surface area contributed by atoms with Crippen LogP contribution in [-0.4, -0.2) is 5.71 Å². The monoisotopic (exact) mass is 383 g/mol. The van der Waals surface area contributed by atoms with Crippen LogP contribution in [0.2, 0.25) is 0 Å². The molecule has 0 aromatic heterocycles. The minimum absolute atomic E-state index is 0.617. The first-order valence-electron chi connectivity index (χ1n) is 11.2. The fourth-order valence-electron chi connectivity index (χ4n) is 2.57. The van der Waals surface area contributed by atoms with E-state index >= 15 is 0 Å². The third kappa shape index (κ3) is 10.4. The van der Waals surface area contributed by atoms with Gasteiger partial charge in [-0.05, 0) is 41.5 Å². The van der Waals surface area contributed by atoms with Crippen molar-refractivity contribution in [3.63, 3.8) is 0 Å². The second-order valence-corrected chi connectivity index (χ2v) is 6.63. The summed E-state index contributed by atoms with van der Waals surface area (Å²) in [6.45, 7) is 23.0. The highest BCUT2D eigenvalue weighted by atomic mass is 14.8. The van der Waals surface area contributed by atoms with Crippen molar-refractivity contribution < 1.29 is 0 Å². The molecule has 0 radical (unpaired) electrons. The van der Waals surface area contributed by atoms with Gasteiger partial charge in [0.1, 0.15) is 0 Å². The van der Waals surface area contributed by atoms with Gasteiger partial charge < -0.3 is 0 Å². The lowest BCUT2D eigenvalue weighted by Crippen LogP contribution is -1.91. The molecule has 1 heteroatoms. The molecule has 0 N–H and O–H groups in total. The molecule has 1 heterocycles. The largest absolute Gasteiger partial charge is 0.257 e. The molecule has 0 amide bonds. The average molecular weight is 384 g/mol. The molecule has 0 aliphatic carbocycles. The first-order valence-corrected chi connectivity index (χ1v) is 11.2. The van der Waals surface area contributed by atoms with E-state index < -0.39 is 0 Å². The van der Waals surface area contributed by atoms with Crippen LogP contribution in [0.1, 0.15) is 105 Å². The predicted molar refractivity (Wildman–Crippen MR) is 132 cm³/mol. The van der Waals surface area contributed by atoms with E-state index in [9.17, 15) is 0 Å². The van der Waals surface area contributed by atoms with Crippen LogP contribution in [0.5, 0.6) is 0 Å². The van der Waals surface area contributed by atoms with E-state index in [0.29, 0.717) is 11.8 Å². The number of aliphatic imine (C=N–C) groups is 1. The summed E-state index contributed by atoms with van der Waals surface area (Å²) in [6, 6.07) is 17.1. The SMILES string of the molecule is CC.CC.CC.CC(C)c1ccccc1.CC1=Nc2ccc(C(C)C)cc2C1. The molecular weight excluding hydrogens is 338 g/mol. The summed E-state index contributed by atoms with van der Waals surface area (Å²) in [5.74, 6) is 1.28. The van der Waals surface area contributed by atoms with Gasteiger partial charge in [0, 0.05) is 12.1 Å². The van der Waals surface area contributed by atoms with Crippen LogP contribution < -0.4 is 0 Å². The van der Waals surface area contributed by atoms with Crippen LogP contribution in [0, 0.1) is 0 Å². The lowest BCUT2D eigenvalue weighted by atomic mass is 9.99. The summed E-state index contributed by atoms with van der Waals surface area (Å²) in [5, 5.41) is 0. The molecular formula is C27H45N. The number of hydrogen-bond donors (Lipinski definition) is 0. The molecule has 0 saturated carbocycles. The van der Waals surface area contributed by atoms with Gasteiger partial charge in [-0.2, -0.15) is 0 Å². The highest BCUT2D eigenvalue weighted by Crippen LogP contribution is 2.29. The number of benzene rings is 2. The van der Waals surface area contributed by atoms with Crippen LogP contribution in [0.25, 0.3) is 0 Å². The molecule has 3 rings (SSSR count). The molecule has 0 fully saturated rings. The number of fused-ring (bicyclic) bond motifs is 1. The van der Waals surface area contributed by atoms with Crippen molar-refractivity contribution in [2.45, 2.75) is 94.4 Å². The molecule has 1 aliphatic rings. The Morgan fingerprint density at radius 1 is 0.679 bits per heavy atom. The van der Waals surface area contributed by atoms with E-state index in [1.807, 2.05) is 47.6 Å². The molecule has 0 spiro atoms. The Balaban J connectivity index is 0. The summed E-state index contributed by atoms with van der Waals surface area (Å²) in [7, 11) is 0. The van der Waals surface area contributed by atoms with Crippen molar-refractivity contribution in [1.29, 1.82) is 0 Å². The minimum Gasteiger partial charge on any atom is -0.257 e. The van der Waals surface area contributed by atoms with Crippen molar-refractivity contribution in [2.24, 2.45) is 4.99 Å². The molecule has 28 heavy (non-hydrogen) atoms. The summed E-state index contributed by atoms with van der Waals surface area (Å²) in [5.41, 5.74) is 6.63. The molecule has 2 aromatic carbocycles. The Bertz CT molecular complexity index is 637. The third-order valence-electron chi connectivity index (χ3n) is 3.99. The molecule has 0 bridgehead atoms. The van der Waals surface area contributed by atoms with Gasteiger partial charge >= 0.3 is 0 Å². The highest BCUT2D eigenvalue weighted by molar-refractivity contribution is 5.92. The third-order valence-corrected chi connectivity index (χ3v) is 3.99. The van der Waals surface area contributed by atoms with Gasteiger partial charge in [0.2, 0.25) is 0 Å². The van der Waals surface area contributed by atoms with Crippen LogP contribution in [-0.2, 0) is 6.42 Å². The van der Waals surface area contributed by atoms with Crippen LogP contribution >= 0.6 is 0 Å². The van der Waals surface area contributed by atoms with Crippen molar-refractivity contribution in [1.82, 2.24) is 0 Å². The minimum atomic E-state index is 0.617. The molecule has 0 atom stereocenters. The Morgan fingerprint density at radius 3 is 1.61 bits per heavy atom. The van der Waals surface area contributed by atoms with E-state index in [4.69, 9.17) is 0 Å². The molecule has 0 unspecified atom stereocenters. The summed E-state index contributed by atoms with van der Waals surface area (Å²) >= 11 is 0. The maximum Gasteiger partial charge on any atom is 0.0665 e. The van der Waals surface area contributed by atoms with Crippen molar-refractivity contribution in [2.75, 3.05) is 0 Å². The normalized spacial score (nSPS) is 10.7. The van der Waals surface area contributed by atoms with Crippen molar-refractivity contribution in [3.05, 3.63) is 65.2 Å². The van der Waals surface area contributed by atoms with Gasteiger partial charge in [0.05, 0.1) is 5.69 Å². The molecule has 1 aliphatic heterocycles. The van der Waals surface area contributed by atoms with Gasteiger partial charge in [-0.3, -0.25) is 4.99 Å². The van der Waals surface area contributed by atoms with Gasteiger partial charge in [-0.15, -0.1) is 0 Å². The quantitative estimate of drug-likeness (QED) is 0.489. The van der Waals surface area contributed by atoms with E-state index in [1.54, 1.807) is 0 Å². The standard InChI is InChI=1S/C12H15N.C9H12.3C2H6/c1-8(2)10-4-5-12-11(7-10)6-9(3)13-12;1-8(2)9-6-4-3-5-7-9;3*1-2/h4-5,7-8H,6H2,1-3H3;3-8H,1-2H3;3*1-2H3. The first kappa shape index (κ1) is 28.3. The highest BCUT2D eigenvalue weighted by Gasteiger charge is 2.12. The number of rotatable bonds is 2. The van der Waals surface area contributed by atoms with E-state index in [0.717, 1.165) is 6.42 Å². The number of hydrogen-bond acceptors (Lipinski definition) is 1. The Hall–Kier alpha value is -1.89. The maximum atomic E-state index is 4.47. The van der Waals surface area contributed by atoms with E-state index in [1.165, 1.54) is 28.1 Å². The van der Waals surface area contributed by atoms with E-state index in [-0.39, 0.29) is 0 Å². The zero-order valence-electron chi connectivity index (χ0n) is 20.4. The van der Waals surface area contributed by atoms with Crippen LogP contribution in [0.4, 0.5) is 5.69 Å². The molecule has 2 aromatic rings. The Morgan fingerprint density at radius 2 is 1.18 bits per heavy atom. The smallest absolute Gasteiger partial charge is 0.0665 e. The second-order valence-electron chi connectivity index (χ2n) is 6.63. The van der Waals surface area contributed by atoms with E-state index in [2.05, 4.69) is 82.1 Å². The lowest BCUT2D eigenvalue weighted by molar-refractivity contribution is 0.865. The maximum absolute atomic E-state index is 4.47. The average Bonchev–Trinajstić information content (AvgIpc) is 3.12. The zero-order chi connectivity index (χ0) is 22.1. The topological polar surface area (TPSA) is 12.4 Å². The summed E-state index contributed by atoms with van der Waals surface area (Å²) in [4.78, 5) is 4.47. The Labute approximate surface area is 176 Å². The lowest BCUT2D eigenvalue weighted by Gasteiger charge is -2.06. The van der Waals surface area contributed by atoms with Crippen molar-refractivity contribution >= 4 is 11.4 Å². The van der Waals surface area contributed by atoms with Gasteiger partial charge in [-0.1, -0.05) is 112 Å². The van der Waals surface area contributed by atoms with Crippen molar-refractivity contribution in [3.8, 4) is 0 Å². The fraction of sp³-hybridized carbons (Fsp3) is 0.519. The molecule has 1 nitrogen and oxygen atoms in total.